The smallest absolute Gasteiger partial charge is 0.304 e. The van der Waals surface area contributed by atoms with Gasteiger partial charge in [-0.1, -0.05) is 12.0 Å². The van der Waals surface area contributed by atoms with Gasteiger partial charge >= 0.3 is 20.2 Å². The highest BCUT2D eigenvalue weighted by molar-refractivity contribution is 7.87. The highest BCUT2D eigenvalue weighted by atomic mass is 32.2. The summed E-state index contributed by atoms with van der Waals surface area (Å²) in [5.74, 6) is -0.789. The third-order valence-corrected chi connectivity index (χ3v) is 8.24. The summed E-state index contributed by atoms with van der Waals surface area (Å²) < 4.78 is 77.8. The summed E-state index contributed by atoms with van der Waals surface area (Å²) in [5.41, 5.74) is 0. The molecule has 2 fully saturated rings. The van der Waals surface area contributed by atoms with Crippen LogP contribution in [0, 0.1) is 5.92 Å². The van der Waals surface area contributed by atoms with Crippen LogP contribution < -0.4 is 0 Å². The molecule has 0 aromatic heterocycles. The molecular weight excluding hydrogens is 488 g/mol. The van der Waals surface area contributed by atoms with Gasteiger partial charge in [-0.25, -0.2) is 20.7 Å². The van der Waals surface area contributed by atoms with E-state index in [1.165, 1.54) is 20.8 Å². The maximum atomic E-state index is 12.4. The summed E-state index contributed by atoms with van der Waals surface area (Å²) in [6.07, 6.45) is -10.6. The van der Waals surface area contributed by atoms with Crippen molar-refractivity contribution in [1.29, 1.82) is 0 Å². The molecule has 2 aliphatic heterocycles. The van der Waals surface area contributed by atoms with E-state index in [0.29, 0.717) is 0 Å². The molecule has 4 unspecified atom stereocenters. The minimum absolute atomic E-state index is 0.789. The molecular formula is C14H26O16S2. The number of hydrogen-bond acceptors (Lipinski definition) is 16. The molecule has 190 valence electrons. The van der Waals surface area contributed by atoms with Crippen molar-refractivity contribution in [3.63, 3.8) is 0 Å². The van der Waals surface area contributed by atoms with Gasteiger partial charge in [-0.3, -0.25) is 0 Å². The standard InChI is InChI=1S/C14H26O16S2/c1-5-6(2)24-14(11(9(5)27-28-16)31(19,20)29-17)26-10-8(15)7(3)25-13(23-4)12(10)32(21,22)30-18/h5-18H,1-4H3/t5-,6?,7?,8+,9+,10+,11?,12?,13-,14+/m1/s1. The molecule has 0 aliphatic carbocycles. The second kappa shape index (κ2) is 10.8. The molecule has 0 saturated carbocycles. The van der Waals surface area contributed by atoms with E-state index in [1.54, 1.807) is 0 Å². The van der Waals surface area contributed by atoms with Gasteiger partial charge in [-0.05, 0) is 13.8 Å². The van der Waals surface area contributed by atoms with Gasteiger partial charge in [0.1, 0.15) is 18.3 Å². The second-order valence-electron chi connectivity index (χ2n) is 7.30. The average Bonchev–Trinajstić information content (AvgIpc) is 2.74. The summed E-state index contributed by atoms with van der Waals surface area (Å²) in [4.78, 5) is 4.62. The van der Waals surface area contributed by atoms with Gasteiger partial charge in [-0.2, -0.15) is 16.8 Å². The van der Waals surface area contributed by atoms with Crippen molar-refractivity contribution in [2.45, 2.75) is 74.4 Å². The van der Waals surface area contributed by atoms with Crippen molar-refractivity contribution < 1.29 is 75.3 Å². The van der Waals surface area contributed by atoms with E-state index < -0.39 is 79.8 Å². The van der Waals surface area contributed by atoms with E-state index in [2.05, 4.69) is 18.6 Å². The first-order chi connectivity index (χ1) is 14.9. The lowest BCUT2D eigenvalue weighted by molar-refractivity contribution is -0.516. The molecule has 16 nitrogen and oxygen atoms in total. The first-order valence-corrected chi connectivity index (χ1v) is 12.1. The van der Waals surface area contributed by atoms with E-state index in [4.69, 9.17) is 34.7 Å². The molecule has 2 aliphatic rings. The number of hydrogen-bond donors (Lipinski definition) is 4. The molecule has 18 heteroatoms. The zero-order chi connectivity index (χ0) is 24.4. The summed E-state index contributed by atoms with van der Waals surface area (Å²) in [6.45, 7) is 4.28. The number of ether oxygens (including phenoxy) is 4. The van der Waals surface area contributed by atoms with Gasteiger partial charge in [0.2, 0.25) is 0 Å². The highest BCUT2D eigenvalue weighted by Gasteiger charge is 2.58. The molecule has 2 rings (SSSR count). The third kappa shape index (κ3) is 5.39. The van der Waals surface area contributed by atoms with Crippen molar-refractivity contribution in [3.05, 3.63) is 0 Å². The molecule has 4 N–H and O–H groups in total. The van der Waals surface area contributed by atoms with Crippen LogP contribution in [0.5, 0.6) is 0 Å². The highest BCUT2D eigenvalue weighted by Crippen LogP contribution is 2.37. The Balaban J connectivity index is 2.53. The Morgan fingerprint density at radius 2 is 1.28 bits per heavy atom. The normalized spacial score (nSPS) is 41.5. The maximum Gasteiger partial charge on any atom is 0.304 e. The monoisotopic (exact) mass is 514 g/mol. The molecule has 0 spiro atoms. The van der Waals surface area contributed by atoms with Crippen LogP contribution in [0.15, 0.2) is 0 Å². The van der Waals surface area contributed by atoms with E-state index in [1.807, 2.05) is 0 Å². The number of aliphatic hydroxyl groups excluding tert-OH is 1. The Hall–Kier alpha value is -0.580. The molecule has 0 aromatic rings. The summed E-state index contributed by atoms with van der Waals surface area (Å²) in [5, 5.41) is 36.6. The third-order valence-electron chi connectivity index (χ3n) is 5.51. The maximum absolute atomic E-state index is 12.4. The number of rotatable bonds is 9. The number of aliphatic hydroxyl groups is 1. The Morgan fingerprint density at radius 1 is 0.781 bits per heavy atom. The van der Waals surface area contributed by atoms with Gasteiger partial charge in [0, 0.05) is 13.0 Å². The molecule has 0 amide bonds. The predicted molar refractivity (Wildman–Crippen MR) is 97.2 cm³/mol. The summed E-state index contributed by atoms with van der Waals surface area (Å²) in [7, 11) is -8.78. The quantitative estimate of drug-likeness (QED) is 0.206. The number of methoxy groups -OCH3 is 1. The zero-order valence-electron chi connectivity index (χ0n) is 17.3. The zero-order valence-corrected chi connectivity index (χ0v) is 18.9. The minimum atomic E-state index is -4.94. The molecule has 2 heterocycles. The van der Waals surface area contributed by atoms with Gasteiger partial charge in [-0.15, -0.1) is 8.67 Å². The Morgan fingerprint density at radius 3 is 1.75 bits per heavy atom. The molecule has 32 heavy (non-hydrogen) atoms. The predicted octanol–water partition coefficient (Wildman–Crippen LogP) is -1.33. The van der Waals surface area contributed by atoms with Crippen LogP contribution in [0.25, 0.3) is 0 Å². The van der Waals surface area contributed by atoms with E-state index >= 15 is 0 Å². The molecule has 0 bridgehead atoms. The van der Waals surface area contributed by atoms with Crippen LogP contribution in [0.1, 0.15) is 20.8 Å². The fourth-order valence-electron chi connectivity index (χ4n) is 3.62. The van der Waals surface area contributed by atoms with Crippen LogP contribution in [0.4, 0.5) is 0 Å². The molecule has 0 aromatic carbocycles. The Bertz CT molecular complexity index is 817. The lowest BCUT2D eigenvalue weighted by atomic mass is 9.93. The minimum Gasteiger partial charge on any atom is -0.388 e. The van der Waals surface area contributed by atoms with Gasteiger partial charge in [0.05, 0.1) is 12.2 Å². The van der Waals surface area contributed by atoms with Crippen molar-refractivity contribution in [1.82, 2.24) is 0 Å². The van der Waals surface area contributed by atoms with Crippen LogP contribution in [0.2, 0.25) is 0 Å². The fourth-order valence-corrected chi connectivity index (χ4v) is 5.85. The summed E-state index contributed by atoms with van der Waals surface area (Å²) in [6, 6.07) is 0. The van der Waals surface area contributed by atoms with Crippen molar-refractivity contribution >= 4 is 20.2 Å². The Labute approximate surface area is 183 Å². The van der Waals surface area contributed by atoms with Gasteiger partial charge in [0.15, 0.2) is 23.1 Å². The Kier molecular flexibility index (Phi) is 9.32. The molecule has 10 atom stereocenters. The second-order valence-corrected chi connectivity index (χ2v) is 10.7. The first-order valence-electron chi connectivity index (χ1n) is 9.14. The van der Waals surface area contributed by atoms with Crippen LogP contribution in [0.3, 0.4) is 0 Å². The lowest BCUT2D eigenvalue weighted by Gasteiger charge is -2.46. The molecule has 0 radical (unpaired) electrons. The largest absolute Gasteiger partial charge is 0.388 e. The van der Waals surface area contributed by atoms with E-state index in [-0.39, 0.29) is 0 Å². The van der Waals surface area contributed by atoms with Crippen molar-refractivity contribution in [2.24, 2.45) is 5.92 Å². The van der Waals surface area contributed by atoms with Crippen molar-refractivity contribution in [2.75, 3.05) is 7.11 Å². The lowest BCUT2D eigenvalue weighted by Crippen LogP contribution is -2.65. The fraction of sp³-hybridized carbons (Fsp3) is 1.00. The van der Waals surface area contributed by atoms with Crippen LogP contribution in [-0.4, -0.2) is 98.4 Å². The van der Waals surface area contributed by atoms with Crippen molar-refractivity contribution in [3.8, 4) is 0 Å². The molecule has 2 saturated heterocycles. The summed E-state index contributed by atoms with van der Waals surface area (Å²) >= 11 is 0. The SMILES string of the molecule is CO[C@@H]1OC(C)[C@H](O)[C@H](O[C@@H]2OC(C)[C@@H](C)[C@H](OOO)C2S(=O)(=O)OO)C1S(=O)(=O)OO. The average molecular weight is 514 g/mol. The van der Waals surface area contributed by atoms with E-state index in [0.717, 1.165) is 7.11 Å². The van der Waals surface area contributed by atoms with Gasteiger partial charge in [0.25, 0.3) is 0 Å². The van der Waals surface area contributed by atoms with E-state index in [9.17, 15) is 21.9 Å². The van der Waals surface area contributed by atoms with Crippen LogP contribution in [-0.2, 0) is 57.8 Å². The van der Waals surface area contributed by atoms with Crippen LogP contribution >= 0.6 is 0 Å². The first kappa shape index (κ1) is 27.7. The van der Waals surface area contributed by atoms with Gasteiger partial charge < -0.3 is 24.1 Å². The topological polar surface area (TPSA) is 223 Å².